The second-order valence-electron chi connectivity index (χ2n) is 2.63. The van der Waals surface area contributed by atoms with Crippen molar-refractivity contribution in [3.8, 4) is 0 Å². The number of allylic oxidation sites excluding steroid dienone is 1. The van der Waals surface area contributed by atoms with E-state index in [1.54, 1.807) is 12.1 Å². The Kier molecular flexibility index (Phi) is 1.54. The summed E-state index contributed by atoms with van der Waals surface area (Å²) in [4.78, 5) is 10.9. The predicted molar refractivity (Wildman–Crippen MR) is 43.9 cm³/mol. The molecule has 1 aliphatic carbocycles. The van der Waals surface area contributed by atoms with Crippen LogP contribution in [0.4, 0.5) is 4.39 Å². The van der Waals surface area contributed by atoms with Crippen LogP contribution in [-0.4, -0.2) is 5.78 Å². The van der Waals surface area contributed by atoms with Crippen LogP contribution in [0.5, 0.6) is 0 Å². The fraction of sp³-hybridized carbons (Fsp3) is 0. The SMILES string of the molecule is O=C1[CH]c2ccccc2C=C1F. The lowest BCUT2D eigenvalue weighted by molar-refractivity contribution is -0.113. The maximum absolute atomic E-state index is 12.7. The molecule has 0 N–H and O–H groups in total. The fourth-order valence-corrected chi connectivity index (χ4v) is 1.19. The van der Waals surface area contributed by atoms with Crippen molar-refractivity contribution in [3.63, 3.8) is 0 Å². The molecule has 0 amide bonds. The molecule has 0 aromatic heterocycles. The van der Waals surface area contributed by atoms with Crippen molar-refractivity contribution in [1.29, 1.82) is 0 Å². The first-order valence-electron chi connectivity index (χ1n) is 3.63. The third kappa shape index (κ3) is 1.05. The number of halogens is 1. The van der Waals surface area contributed by atoms with Crippen LogP contribution in [0.15, 0.2) is 30.1 Å². The van der Waals surface area contributed by atoms with Gasteiger partial charge in [-0.1, -0.05) is 24.3 Å². The highest BCUT2D eigenvalue weighted by Crippen LogP contribution is 2.22. The number of carbonyl (C=O) groups is 1. The number of fused-ring (bicyclic) bond motifs is 1. The normalized spacial score (nSPS) is 15.4. The first-order valence-corrected chi connectivity index (χ1v) is 3.63. The van der Waals surface area contributed by atoms with Crippen molar-refractivity contribution >= 4 is 11.9 Å². The van der Waals surface area contributed by atoms with E-state index in [9.17, 15) is 9.18 Å². The van der Waals surface area contributed by atoms with Crippen LogP contribution < -0.4 is 0 Å². The van der Waals surface area contributed by atoms with E-state index in [-0.39, 0.29) is 0 Å². The number of Topliss-reactive ketones (excluding diaryl/α,β-unsaturated/α-hetero) is 1. The van der Waals surface area contributed by atoms with Gasteiger partial charge in [-0.05, 0) is 17.2 Å². The molecular formula is C10H6FO. The Labute approximate surface area is 69.5 Å². The van der Waals surface area contributed by atoms with Gasteiger partial charge >= 0.3 is 0 Å². The Morgan fingerprint density at radius 3 is 2.50 bits per heavy atom. The van der Waals surface area contributed by atoms with Crippen molar-refractivity contribution in [2.75, 3.05) is 0 Å². The molecule has 0 fully saturated rings. The summed E-state index contributed by atoms with van der Waals surface area (Å²) in [6, 6.07) is 7.19. The summed E-state index contributed by atoms with van der Waals surface area (Å²) in [5.74, 6) is -1.23. The summed E-state index contributed by atoms with van der Waals surface area (Å²) in [7, 11) is 0. The summed E-state index contributed by atoms with van der Waals surface area (Å²) < 4.78 is 12.7. The van der Waals surface area contributed by atoms with Crippen LogP contribution in [0.1, 0.15) is 11.1 Å². The molecular weight excluding hydrogens is 155 g/mol. The van der Waals surface area contributed by atoms with E-state index in [2.05, 4.69) is 0 Å². The molecule has 1 nitrogen and oxygen atoms in total. The molecule has 0 atom stereocenters. The number of carbonyl (C=O) groups excluding carboxylic acids is 1. The Hall–Kier alpha value is -1.44. The molecule has 1 aromatic rings. The smallest absolute Gasteiger partial charge is 0.199 e. The van der Waals surface area contributed by atoms with E-state index in [0.717, 1.165) is 11.1 Å². The zero-order valence-corrected chi connectivity index (χ0v) is 6.25. The summed E-state index contributed by atoms with van der Waals surface area (Å²) in [6.07, 6.45) is 2.57. The number of ketones is 1. The minimum absolute atomic E-state index is 0.547. The number of hydrogen-bond acceptors (Lipinski definition) is 1. The van der Waals surface area contributed by atoms with Crippen molar-refractivity contribution in [3.05, 3.63) is 47.6 Å². The van der Waals surface area contributed by atoms with Gasteiger partial charge in [0.1, 0.15) is 0 Å². The van der Waals surface area contributed by atoms with Gasteiger partial charge in [0.15, 0.2) is 11.6 Å². The predicted octanol–water partition coefficient (Wildman–Crippen LogP) is 2.13. The highest BCUT2D eigenvalue weighted by atomic mass is 19.1. The Morgan fingerprint density at radius 1 is 1.08 bits per heavy atom. The Morgan fingerprint density at radius 2 is 1.75 bits per heavy atom. The average molecular weight is 161 g/mol. The molecule has 0 spiro atoms. The molecule has 0 heterocycles. The van der Waals surface area contributed by atoms with Crippen molar-refractivity contribution in [1.82, 2.24) is 0 Å². The lowest BCUT2D eigenvalue weighted by Gasteiger charge is -2.08. The van der Waals surface area contributed by atoms with Crippen LogP contribution in [0.2, 0.25) is 0 Å². The number of benzene rings is 1. The lowest BCUT2D eigenvalue weighted by Crippen LogP contribution is -2.06. The van der Waals surface area contributed by atoms with E-state index >= 15 is 0 Å². The highest BCUT2D eigenvalue weighted by Gasteiger charge is 2.17. The molecule has 1 aromatic carbocycles. The minimum atomic E-state index is -0.686. The van der Waals surface area contributed by atoms with Gasteiger partial charge in [-0.2, -0.15) is 0 Å². The van der Waals surface area contributed by atoms with Crippen molar-refractivity contribution < 1.29 is 9.18 Å². The summed E-state index contributed by atoms with van der Waals surface area (Å²) >= 11 is 0. The van der Waals surface area contributed by atoms with Gasteiger partial charge in [0.25, 0.3) is 0 Å². The topological polar surface area (TPSA) is 17.1 Å². The maximum atomic E-state index is 12.7. The number of rotatable bonds is 0. The van der Waals surface area contributed by atoms with E-state index in [1.165, 1.54) is 12.5 Å². The molecule has 0 bridgehead atoms. The van der Waals surface area contributed by atoms with E-state index < -0.39 is 11.6 Å². The second-order valence-corrected chi connectivity index (χ2v) is 2.63. The molecule has 1 aliphatic rings. The number of hydrogen-bond donors (Lipinski definition) is 0. The first kappa shape index (κ1) is 7.22. The highest BCUT2D eigenvalue weighted by molar-refractivity contribution is 6.08. The van der Waals surface area contributed by atoms with Gasteiger partial charge in [-0.15, -0.1) is 0 Å². The quantitative estimate of drug-likeness (QED) is 0.569. The van der Waals surface area contributed by atoms with Gasteiger partial charge in [0, 0.05) is 0 Å². The van der Waals surface area contributed by atoms with E-state index in [4.69, 9.17) is 0 Å². The van der Waals surface area contributed by atoms with Gasteiger partial charge in [0.05, 0.1) is 6.42 Å². The van der Waals surface area contributed by atoms with Crippen LogP contribution in [0.25, 0.3) is 6.08 Å². The van der Waals surface area contributed by atoms with Crippen molar-refractivity contribution in [2.45, 2.75) is 0 Å². The van der Waals surface area contributed by atoms with Crippen LogP contribution in [0.3, 0.4) is 0 Å². The zero-order chi connectivity index (χ0) is 8.55. The average Bonchev–Trinajstić information content (AvgIpc) is 2.07. The third-order valence-corrected chi connectivity index (χ3v) is 1.80. The largest absolute Gasteiger partial charge is 0.291 e. The van der Waals surface area contributed by atoms with Crippen LogP contribution in [0, 0.1) is 6.42 Å². The summed E-state index contributed by atoms with van der Waals surface area (Å²) in [6.45, 7) is 0. The monoisotopic (exact) mass is 161 g/mol. The third-order valence-electron chi connectivity index (χ3n) is 1.80. The maximum Gasteiger partial charge on any atom is 0.199 e. The molecule has 12 heavy (non-hydrogen) atoms. The lowest BCUT2D eigenvalue weighted by atomic mass is 9.96. The van der Waals surface area contributed by atoms with Gasteiger partial charge in [0.2, 0.25) is 0 Å². The first-order chi connectivity index (χ1) is 5.77. The molecule has 0 aliphatic heterocycles. The molecule has 0 unspecified atom stereocenters. The minimum Gasteiger partial charge on any atom is -0.291 e. The van der Waals surface area contributed by atoms with E-state index in [0.29, 0.717) is 0 Å². The zero-order valence-electron chi connectivity index (χ0n) is 6.25. The Balaban J connectivity index is 2.56. The second kappa shape index (κ2) is 2.55. The molecule has 2 heteroatoms. The standard InChI is InChI=1S/C10H6FO/c11-9-5-7-3-1-2-4-8(7)6-10(9)12/h1-6H. The van der Waals surface area contributed by atoms with E-state index in [1.807, 2.05) is 12.1 Å². The van der Waals surface area contributed by atoms with Gasteiger partial charge < -0.3 is 0 Å². The summed E-state index contributed by atoms with van der Waals surface area (Å²) in [5, 5.41) is 0. The van der Waals surface area contributed by atoms with Gasteiger partial charge in [-0.25, -0.2) is 4.39 Å². The molecule has 0 saturated heterocycles. The summed E-state index contributed by atoms with van der Waals surface area (Å²) in [5.41, 5.74) is 1.54. The fourth-order valence-electron chi connectivity index (χ4n) is 1.19. The molecule has 59 valence electrons. The Bertz CT molecular complexity index is 366. The molecule has 2 rings (SSSR count). The molecule has 0 saturated carbocycles. The van der Waals surface area contributed by atoms with Crippen molar-refractivity contribution in [2.24, 2.45) is 0 Å². The van der Waals surface area contributed by atoms with Gasteiger partial charge in [-0.3, -0.25) is 4.79 Å². The van der Waals surface area contributed by atoms with Crippen LogP contribution >= 0.6 is 0 Å². The van der Waals surface area contributed by atoms with Crippen LogP contribution in [-0.2, 0) is 4.79 Å². The molecule has 1 radical (unpaired) electrons.